The summed E-state index contributed by atoms with van der Waals surface area (Å²) in [5.41, 5.74) is 5.46. The SMILES string of the molecule is CCOC(=O)CCCCCCCCCCCCCCN. The van der Waals surface area contributed by atoms with Crippen LogP contribution in [-0.4, -0.2) is 19.1 Å². The Kier molecular flexibility index (Phi) is 16.0. The summed E-state index contributed by atoms with van der Waals surface area (Å²) in [6, 6.07) is 0. The number of rotatable bonds is 15. The minimum absolute atomic E-state index is 0.0397. The zero-order valence-corrected chi connectivity index (χ0v) is 13.5. The Hall–Kier alpha value is -0.570. The van der Waals surface area contributed by atoms with Gasteiger partial charge in [0.05, 0.1) is 6.61 Å². The molecule has 0 saturated heterocycles. The molecular weight excluding hydrogens is 250 g/mol. The molecule has 0 heterocycles. The molecular formula is C17H35NO2. The van der Waals surface area contributed by atoms with Gasteiger partial charge < -0.3 is 10.5 Å². The Balaban J connectivity index is 3.01. The Morgan fingerprint density at radius 1 is 0.750 bits per heavy atom. The van der Waals surface area contributed by atoms with Crippen LogP contribution in [0.1, 0.15) is 90.4 Å². The number of ether oxygens (including phenoxy) is 1. The second-order valence-corrected chi connectivity index (χ2v) is 5.59. The lowest BCUT2D eigenvalue weighted by molar-refractivity contribution is -0.143. The van der Waals surface area contributed by atoms with Crippen LogP contribution >= 0.6 is 0 Å². The molecule has 0 aromatic carbocycles. The second kappa shape index (κ2) is 16.5. The molecule has 3 nitrogen and oxygen atoms in total. The van der Waals surface area contributed by atoms with E-state index < -0.39 is 0 Å². The van der Waals surface area contributed by atoms with Crippen molar-refractivity contribution in [2.24, 2.45) is 5.73 Å². The summed E-state index contributed by atoms with van der Waals surface area (Å²) in [6.45, 7) is 3.21. The lowest BCUT2D eigenvalue weighted by Crippen LogP contribution is -2.03. The molecule has 0 unspecified atom stereocenters. The van der Waals surface area contributed by atoms with Crippen molar-refractivity contribution in [1.29, 1.82) is 0 Å². The first-order chi connectivity index (χ1) is 9.81. The van der Waals surface area contributed by atoms with Crippen molar-refractivity contribution in [3.63, 3.8) is 0 Å². The van der Waals surface area contributed by atoms with Crippen LogP contribution < -0.4 is 5.73 Å². The average molecular weight is 285 g/mol. The van der Waals surface area contributed by atoms with Crippen LogP contribution in [-0.2, 0) is 9.53 Å². The van der Waals surface area contributed by atoms with E-state index in [1.807, 2.05) is 6.92 Å². The molecule has 120 valence electrons. The van der Waals surface area contributed by atoms with E-state index in [0.29, 0.717) is 13.0 Å². The zero-order valence-electron chi connectivity index (χ0n) is 13.5. The summed E-state index contributed by atoms with van der Waals surface area (Å²) in [7, 11) is 0. The van der Waals surface area contributed by atoms with E-state index in [4.69, 9.17) is 10.5 Å². The van der Waals surface area contributed by atoms with Crippen LogP contribution in [0.5, 0.6) is 0 Å². The summed E-state index contributed by atoms with van der Waals surface area (Å²) in [6.07, 6.45) is 16.0. The lowest BCUT2D eigenvalue weighted by atomic mass is 10.0. The first-order valence-corrected chi connectivity index (χ1v) is 8.67. The molecule has 0 atom stereocenters. The fourth-order valence-electron chi connectivity index (χ4n) is 2.41. The number of nitrogens with two attached hydrogens (primary N) is 1. The molecule has 0 aromatic heterocycles. The fraction of sp³-hybridized carbons (Fsp3) is 0.941. The van der Waals surface area contributed by atoms with Gasteiger partial charge in [-0.3, -0.25) is 4.79 Å². The van der Waals surface area contributed by atoms with E-state index in [1.54, 1.807) is 0 Å². The number of carbonyl (C=O) groups excluding carboxylic acids is 1. The van der Waals surface area contributed by atoms with Crippen molar-refractivity contribution < 1.29 is 9.53 Å². The van der Waals surface area contributed by atoms with Crippen LogP contribution in [0.3, 0.4) is 0 Å². The summed E-state index contributed by atoms with van der Waals surface area (Å²) in [5, 5.41) is 0. The summed E-state index contributed by atoms with van der Waals surface area (Å²) in [4.78, 5) is 11.1. The molecule has 0 saturated carbocycles. The van der Waals surface area contributed by atoms with E-state index >= 15 is 0 Å². The second-order valence-electron chi connectivity index (χ2n) is 5.59. The topological polar surface area (TPSA) is 52.3 Å². The zero-order chi connectivity index (χ0) is 14.9. The third-order valence-corrected chi connectivity index (χ3v) is 3.64. The minimum atomic E-state index is -0.0397. The van der Waals surface area contributed by atoms with Crippen LogP contribution in [0, 0.1) is 0 Å². The van der Waals surface area contributed by atoms with Gasteiger partial charge in [0.25, 0.3) is 0 Å². The Bertz CT molecular complexity index is 207. The summed E-state index contributed by atoms with van der Waals surface area (Å²) < 4.78 is 4.90. The predicted octanol–water partition coefficient (Wildman–Crippen LogP) is 4.58. The predicted molar refractivity (Wildman–Crippen MR) is 85.7 cm³/mol. The van der Waals surface area contributed by atoms with Crippen molar-refractivity contribution in [2.45, 2.75) is 90.4 Å². The minimum Gasteiger partial charge on any atom is -0.466 e. The first kappa shape index (κ1) is 19.4. The maximum absolute atomic E-state index is 11.1. The van der Waals surface area contributed by atoms with Gasteiger partial charge in [0.15, 0.2) is 0 Å². The van der Waals surface area contributed by atoms with Gasteiger partial charge in [0, 0.05) is 6.42 Å². The van der Waals surface area contributed by atoms with E-state index in [9.17, 15) is 4.79 Å². The van der Waals surface area contributed by atoms with Crippen molar-refractivity contribution in [3.05, 3.63) is 0 Å². The lowest BCUT2D eigenvalue weighted by Gasteiger charge is -2.03. The fourth-order valence-corrected chi connectivity index (χ4v) is 2.41. The molecule has 0 amide bonds. The van der Waals surface area contributed by atoms with Gasteiger partial charge in [-0.25, -0.2) is 0 Å². The molecule has 0 aliphatic carbocycles. The Labute approximate surface area is 125 Å². The highest BCUT2D eigenvalue weighted by Gasteiger charge is 2.00. The average Bonchev–Trinajstić information content (AvgIpc) is 2.44. The molecule has 0 aromatic rings. The van der Waals surface area contributed by atoms with Gasteiger partial charge in [0.1, 0.15) is 0 Å². The number of hydrogen-bond acceptors (Lipinski definition) is 3. The molecule has 0 fully saturated rings. The molecule has 0 radical (unpaired) electrons. The highest BCUT2D eigenvalue weighted by Crippen LogP contribution is 2.12. The molecule has 0 aliphatic rings. The van der Waals surface area contributed by atoms with Gasteiger partial charge in [-0.1, -0.05) is 64.2 Å². The van der Waals surface area contributed by atoms with E-state index in [2.05, 4.69) is 0 Å². The maximum Gasteiger partial charge on any atom is 0.305 e. The van der Waals surface area contributed by atoms with Gasteiger partial charge in [-0.05, 0) is 26.3 Å². The standard InChI is InChI=1S/C17H35NO2/c1-2-20-17(19)15-13-11-9-7-5-3-4-6-8-10-12-14-16-18/h2-16,18H2,1H3. The van der Waals surface area contributed by atoms with Gasteiger partial charge in [-0.15, -0.1) is 0 Å². The number of carbonyl (C=O) groups is 1. The van der Waals surface area contributed by atoms with Crippen LogP contribution in [0.2, 0.25) is 0 Å². The van der Waals surface area contributed by atoms with Crippen molar-refractivity contribution in [1.82, 2.24) is 0 Å². The van der Waals surface area contributed by atoms with Crippen LogP contribution in [0.15, 0.2) is 0 Å². The molecule has 0 aliphatic heterocycles. The van der Waals surface area contributed by atoms with Gasteiger partial charge in [0.2, 0.25) is 0 Å². The monoisotopic (exact) mass is 285 g/mol. The van der Waals surface area contributed by atoms with E-state index in [0.717, 1.165) is 19.4 Å². The highest BCUT2D eigenvalue weighted by atomic mass is 16.5. The normalized spacial score (nSPS) is 10.7. The Morgan fingerprint density at radius 2 is 1.15 bits per heavy atom. The molecule has 2 N–H and O–H groups in total. The smallest absolute Gasteiger partial charge is 0.305 e. The van der Waals surface area contributed by atoms with E-state index in [-0.39, 0.29) is 5.97 Å². The highest BCUT2D eigenvalue weighted by molar-refractivity contribution is 5.69. The van der Waals surface area contributed by atoms with Gasteiger partial charge in [-0.2, -0.15) is 0 Å². The molecule has 0 rings (SSSR count). The van der Waals surface area contributed by atoms with Crippen LogP contribution in [0.4, 0.5) is 0 Å². The molecule has 0 bridgehead atoms. The van der Waals surface area contributed by atoms with Crippen molar-refractivity contribution in [2.75, 3.05) is 13.2 Å². The largest absolute Gasteiger partial charge is 0.466 e. The van der Waals surface area contributed by atoms with Gasteiger partial charge >= 0.3 is 5.97 Å². The third-order valence-electron chi connectivity index (χ3n) is 3.64. The number of hydrogen-bond donors (Lipinski definition) is 1. The maximum atomic E-state index is 11.1. The molecule has 3 heteroatoms. The first-order valence-electron chi connectivity index (χ1n) is 8.67. The number of unbranched alkanes of at least 4 members (excludes halogenated alkanes) is 11. The van der Waals surface area contributed by atoms with Crippen molar-refractivity contribution >= 4 is 5.97 Å². The van der Waals surface area contributed by atoms with Crippen molar-refractivity contribution in [3.8, 4) is 0 Å². The number of esters is 1. The quantitative estimate of drug-likeness (QED) is 0.354. The summed E-state index contributed by atoms with van der Waals surface area (Å²) in [5.74, 6) is -0.0397. The third kappa shape index (κ3) is 15.5. The molecule has 20 heavy (non-hydrogen) atoms. The molecule has 0 spiro atoms. The van der Waals surface area contributed by atoms with E-state index in [1.165, 1.54) is 64.2 Å². The van der Waals surface area contributed by atoms with Crippen LogP contribution in [0.25, 0.3) is 0 Å². The summed E-state index contributed by atoms with van der Waals surface area (Å²) >= 11 is 0. The Morgan fingerprint density at radius 3 is 1.55 bits per heavy atom.